The van der Waals surface area contributed by atoms with Crippen LogP contribution >= 0.6 is 0 Å². The Morgan fingerprint density at radius 2 is 2.00 bits per heavy atom. The molecule has 0 aromatic carbocycles. The summed E-state index contributed by atoms with van der Waals surface area (Å²) in [4.78, 5) is 3.49. The SMILES string of the molecule is N#CCc1cc(C(F)F)c(C(F)(F)F)c(CN)n1. The zero-order valence-electron chi connectivity index (χ0n) is 8.93. The molecule has 1 aromatic heterocycles. The minimum absolute atomic E-state index is 0.152. The first-order valence-corrected chi connectivity index (χ1v) is 4.76. The molecule has 1 rings (SSSR count). The monoisotopic (exact) mass is 265 g/mol. The lowest BCUT2D eigenvalue weighted by atomic mass is 10.0. The van der Waals surface area contributed by atoms with Crippen molar-refractivity contribution in [3.8, 4) is 6.07 Å². The third kappa shape index (κ3) is 2.92. The average Bonchev–Trinajstić information content (AvgIpc) is 2.26. The Kier molecular flexibility index (Phi) is 4.19. The van der Waals surface area contributed by atoms with E-state index in [0.717, 1.165) is 0 Å². The standard InChI is InChI=1S/C10H8F5N3/c11-9(12)6-3-5(1-2-16)18-7(4-17)8(6)10(13,14)15/h3,9H,1,4,17H2. The molecule has 18 heavy (non-hydrogen) atoms. The van der Waals surface area contributed by atoms with Crippen molar-refractivity contribution in [2.45, 2.75) is 25.6 Å². The molecule has 0 aliphatic carbocycles. The van der Waals surface area contributed by atoms with Crippen LogP contribution in [0, 0.1) is 11.3 Å². The van der Waals surface area contributed by atoms with Gasteiger partial charge in [-0.25, -0.2) is 8.78 Å². The lowest BCUT2D eigenvalue weighted by Gasteiger charge is -2.16. The van der Waals surface area contributed by atoms with Crippen molar-refractivity contribution in [1.29, 1.82) is 5.26 Å². The van der Waals surface area contributed by atoms with Crippen molar-refractivity contribution in [3.05, 3.63) is 28.6 Å². The Morgan fingerprint density at radius 1 is 1.39 bits per heavy atom. The molecule has 0 aliphatic heterocycles. The summed E-state index contributed by atoms with van der Waals surface area (Å²) in [5, 5.41) is 8.41. The van der Waals surface area contributed by atoms with Crippen molar-refractivity contribution >= 4 is 0 Å². The van der Waals surface area contributed by atoms with E-state index >= 15 is 0 Å². The third-order valence-electron chi connectivity index (χ3n) is 2.15. The zero-order chi connectivity index (χ0) is 13.9. The highest BCUT2D eigenvalue weighted by molar-refractivity contribution is 5.37. The molecule has 3 nitrogen and oxygen atoms in total. The van der Waals surface area contributed by atoms with E-state index in [1.165, 1.54) is 0 Å². The molecule has 0 radical (unpaired) electrons. The number of alkyl halides is 5. The van der Waals surface area contributed by atoms with E-state index in [2.05, 4.69) is 4.98 Å². The summed E-state index contributed by atoms with van der Waals surface area (Å²) in [7, 11) is 0. The van der Waals surface area contributed by atoms with Gasteiger partial charge in [0.2, 0.25) is 0 Å². The predicted molar refractivity (Wildman–Crippen MR) is 51.4 cm³/mol. The molecule has 0 atom stereocenters. The highest BCUT2D eigenvalue weighted by atomic mass is 19.4. The minimum atomic E-state index is -4.96. The van der Waals surface area contributed by atoms with Gasteiger partial charge in [-0.1, -0.05) is 0 Å². The smallest absolute Gasteiger partial charge is 0.325 e. The van der Waals surface area contributed by atoms with Crippen LogP contribution in [0.25, 0.3) is 0 Å². The van der Waals surface area contributed by atoms with Crippen LogP contribution in [0.3, 0.4) is 0 Å². The van der Waals surface area contributed by atoms with Crippen LogP contribution in [0.5, 0.6) is 0 Å². The first-order valence-electron chi connectivity index (χ1n) is 4.76. The van der Waals surface area contributed by atoms with Crippen molar-refractivity contribution < 1.29 is 22.0 Å². The largest absolute Gasteiger partial charge is 0.418 e. The number of hydrogen-bond acceptors (Lipinski definition) is 3. The molecule has 0 bridgehead atoms. The first kappa shape index (κ1) is 14.3. The highest BCUT2D eigenvalue weighted by Crippen LogP contribution is 2.38. The normalized spacial score (nSPS) is 11.7. The van der Waals surface area contributed by atoms with Crippen molar-refractivity contribution in [1.82, 2.24) is 4.98 Å². The summed E-state index contributed by atoms with van der Waals surface area (Å²) >= 11 is 0. The van der Waals surface area contributed by atoms with E-state index < -0.39 is 36.0 Å². The van der Waals surface area contributed by atoms with Crippen LogP contribution in [-0.4, -0.2) is 4.98 Å². The quantitative estimate of drug-likeness (QED) is 0.854. The van der Waals surface area contributed by atoms with E-state index in [4.69, 9.17) is 11.0 Å². The Balaban J connectivity index is 3.52. The van der Waals surface area contributed by atoms with Crippen molar-refractivity contribution in [2.75, 3.05) is 0 Å². The number of halogens is 5. The first-order chi connectivity index (χ1) is 8.31. The van der Waals surface area contributed by atoms with Crippen molar-refractivity contribution in [3.63, 3.8) is 0 Å². The van der Waals surface area contributed by atoms with Gasteiger partial charge in [0.25, 0.3) is 6.43 Å². The van der Waals surface area contributed by atoms with Gasteiger partial charge >= 0.3 is 6.18 Å². The Morgan fingerprint density at radius 3 is 2.39 bits per heavy atom. The minimum Gasteiger partial charge on any atom is -0.325 e. The van der Waals surface area contributed by atoms with E-state index in [1.54, 1.807) is 6.07 Å². The second kappa shape index (κ2) is 5.27. The van der Waals surface area contributed by atoms with Gasteiger partial charge in [-0.15, -0.1) is 0 Å². The van der Waals surface area contributed by atoms with E-state index in [-0.39, 0.29) is 12.1 Å². The number of rotatable bonds is 3. The zero-order valence-corrected chi connectivity index (χ0v) is 8.93. The fraction of sp³-hybridized carbons (Fsp3) is 0.400. The molecule has 0 saturated carbocycles. The van der Waals surface area contributed by atoms with Crippen LogP contribution in [0.2, 0.25) is 0 Å². The molecule has 2 N–H and O–H groups in total. The van der Waals surface area contributed by atoms with Gasteiger partial charge in [0.05, 0.1) is 29.4 Å². The summed E-state index contributed by atoms with van der Waals surface area (Å²) in [6, 6.07) is 2.22. The van der Waals surface area contributed by atoms with Crippen molar-refractivity contribution in [2.24, 2.45) is 5.73 Å². The molecule has 1 aromatic rings. The third-order valence-corrected chi connectivity index (χ3v) is 2.15. The van der Waals surface area contributed by atoms with Gasteiger partial charge in [-0.2, -0.15) is 18.4 Å². The van der Waals surface area contributed by atoms with Gasteiger partial charge in [-0.3, -0.25) is 4.98 Å². The molecule has 0 amide bonds. The van der Waals surface area contributed by atoms with Crippen LogP contribution < -0.4 is 5.73 Å². The lowest BCUT2D eigenvalue weighted by Crippen LogP contribution is -2.18. The summed E-state index contributed by atoms with van der Waals surface area (Å²) in [5.41, 5.74) is 1.56. The van der Waals surface area contributed by atoms with Crippen LogP contribution in [-0.2, 0) is 19.1 Å². The molecule has 0 unspecified atom stereocenters. The number of aromatic nitrogens is 1. The van der Waals surface area contributed by atoms with Gasteiger partial charge in [0.1, 0.15) is 0 Å². The van der Waals surface area contributed by atoms with Crippen LogP contribution in [0.15, 0.2) is 6.07 Å². The maximum Gasteiger partial charge on any atom is 0.418 e. The number of hydrogen-bond donors (Lipinski definition) is 1. The fourth-order valence-corrected chi connectivity index (χ4v) is 1.50. The molecule has 1 heterocycles. The number of nitrogens with two attached hydrogens (primary N) is 1. The van der Waals surface area contributed by atoms with E-state index in [1.807, 2.05) is 0 Å². The lowest BCUT2D eigenvalue weighted by molar-refractivity contribution is -0.140. The fourth-order valence-electron chi connectivity index (χ4n) is 1.50. The Hall–Kier alpha value is -1.75. The van der Waals surface area contributed by atoms with Crippen LogP contribution in [0.1, 0.15) is 28.9 Å². The average molecular weight is 265 g/mol. The molecule has 0 fully saturated rings. The topological polar surface area (TPSA) is 62.7 Å². The maximum atomic E-state index is 12.7. The highest BCUT2D eigenvalue weighted by Gasteiger charge is 2.39. The van der Waals surface area contributed by atoms with E-state index in [0.29, 0.717) is 6.07 Å². The second-order valence-electron chi connectivity index (χ2n) is 3.36. The molecular weight excluding hydrogens is 257 g/mol. The van der Waals surface area contributed by atoms with Gasteiger partial charge in [0.15, 0.2) is 0 Å². The van der Waals surface area contributed by atoms with Gasteiger partial charge < -0.3 is 5.73 Å². The maximum absolute atomic E-state index is 12.7. The Bertz CT molecular complexity index is 476. The van der Waals surface area contributed by atoms with Gasteiger partial charge in [0, 0.05) is 12.1 Å². The molecular formula is C10H8F5N3. The summed E-state index contributed by atoms with van der Waals surface area (Å²) in [6.07, 6.45) is -8.63. The molecule has 0 saturated heterocycles. The number of nitrogens with zero attached hydrogens (tertiary/aromatic N) is 2. The summed E-state index contributed by atoms with van der Waals surface area (Å²) in [5.74, 6) is 0. The van der Waals surface area contributed by atoms with Crippen LogP contribution in [0.4, 0.5) is 22.0 Å². The second-order valence-corrected chi connectivity index (χ2v) is 3.36. The molecule has 8 heteroatoms. The predicted octanol–water partition coefficient (Wildman–Crippen LogP) is 2.56. The van der Waals surface area contributed by atoms with Gasteiger partial charge in [-0.05, 0) is 6.07 Å². The molecule has 0 aliphatic rings. The Labute approximate surface area is 99.0 Å². The molecule has 98 valence electrons. The number of nitriles is 1. The summed E-state index contributed by atoms with van der Waals surface area (Å²) in [6.45, 7) is -0.631. The number of pyridine rings is 1. The summed E-state index contributed by atoms with van der Waals surface area (Å²) < 4.78 is 63.3. The van der Waals surface area contributed by atoms with E-state index in [9.17, 15) is 22.0 Å². The molecule has 0 spiro atoms.